The highest BCUT2D eigenvalue weighted by atomic mass is 16.5. The van der Waals surface area contributed by atoms with E-state index in [1.165, 1.54) is 66.7 Å². The van der Waals surface area contributed by atoms with Crippen molar-refractivity contribution in [3.05, 3.63) is 89.0 Å². The normalized spacial score (nSPS) is 18.1. The molecular weight excluding hydrogens is 432 g/mol. The first-order chi connectivity index (χ1) is 17.2. The number of para-hydroxylation sites is 1. The lowest BCUT2D eigenvalue weighted by Crippen LogP contribution is -2.33. The average molecular weight is 471 g/mol. The number of anilines is 1. The summed E-state index contributed by atoms with van der Waals surface area (Å²) in [6.45, 7) is 5.02. The van der Waals surface area contributed by atoms with Crippen LogP contribution in [-0.2, 0) is 25.8 Å². The first-order valence-electron chi connectivity index (χ1n) is 13.3. The molecule has 3 aromatic carbocycles. The van der Waals surface area contributed by atoms with Crippen LogP contribution in [0.5, 0.6) is 11.5 Å². The van der Waals surface area contributed by atoms with Crippen LogP contribution in [0.2, 0.25) is 0 Å². The van der Waals surface area contributed by atoms with Crippen molar-refractivity contribution in [2.24, 2.45) is 5.92 Å². The number of aromatic hydroxyl groups is 1. The van der Waals surface area contributed by atoms with Crippen molar-refractivity contribution in [2.75, 3.05) is 31.6 Å². The van der Waals surface area contributed by atoms with Gasteiger partial charge in [0, 0.05) is 18.8 Å². The first kappa shape index (κ1) is 23.7. The van der Waals surface area contributed by atoms with Crippen LogP contribution in [0.3, 0.4) is 0 Å². The van der Waals surface area contributed by atoms with Crippen molar-refractivity contribution in [3.8, 4) is 11.5 Å². The standard InChI is InChI=1S/C31H38N2O2/c34-29-13-12-26-20-25(8-11-27(26)22-29)21-28-6-2-3-7-31(28)32-23-24-9-14-30(15-10-24)35-19-18-33-16-4-1-5-17-33/h2-3,6-7,9-10,12-15,22,25,32,34H,1,4-5,8,11,16-21,23H2. The molecule has 2 N–H and O–H groups in total. The molecule has 0 radical (unpaired) electrons. The molecule has 3 aromatic rings. The summed E-state index contributed by atoms with van der Waals surface area (Å²) in [5, 5.41) is 13.4. The van der Waals surface area contributed by atoms with Gasteiger partial charge in [-0.1, -0.05) is 42.8 Å². The summed E-state index contributed by atoms with van der Waals surface area (Å²) < 4.78 is 5.99. The number of benzene rings is 3. The van der Waals surface area contributed by atoms with Gasteiger partial charge in [0.25, 0.3) is 0 Å². The molecule has 1 aliphatic carbocycles. The number of nitrogens with zero attached hydrogens (tertiary/aromatic N) is 1. The molecule has 5 rings (SSSR count). The number of piperidine rings is 1. The highest BCUT2D eigenvalue weighted by molar-refractivity contribution is 5.52. The van der Waals surface area contributed by atoms with E-state index in [1.807, 2.05) is 12.1 Å². The van der Waals surface area contributed by atoms with Gasteiger partial charge in [0.05, 0.1) is 0 Å². The molecule has 4 heteroatoms. The van der Waals surface area contributed by atoms with Gasteiger partial charge < -0.3 is 15.2 Å². The molecule has 1 heterocycles. The minimum absolute atomic E-state index is 0.383. The quantitative estimate of drug-likeness (QED) is 0.390. The van der Waals surface area contributed by atoms with E-state index >= 15 is 0 Å². The zero-order valence-corrected chi connectivity index (χ0v) is 20.7. The van der Waals surface area contributed by atoms with E-state index in [0.717, 1.165) is 44.7 Å². The van der Waals surface area contributed by atoms with Crippen molar-refractivity contribution in [3.63, 3.8) is 0 Å². The first-order valence-corrected chi connectivity index (χ1v) is 13.3. The third kappa shape index (κ3) is 6.58. The second-order valence-corrected chi connectivity index (χ2v) is 10.2. The average Bonchev–Trinajstić information content (AvgIpc) is 2.90. The van der Waals surface area contributed by atoms with Crippen molar-refractivity contribution in [2.45, 2.75) is 51.5 Å². The molecule has 1 atom stereocenters. The maximum absolute atomic E-state index is 9.76. The molecule has 1 aliphatic heterocycles. The molecule has 0 bridgehead atoms. The molecule has 0 aromatic heterocycles. The van der Waals surface area contributed by atoms with Gasteiger partial charge >= 0.3 is 0 Å². The molecule has 1 fully saturated rings. The van der Waals surface area contributed by atoms with Gasteiger partial charge in [-0.3, -0.25) is 4.90 Å². The van der Waals surface area contributed by atoms with Gasteiger partial charge in [-0.15, -0.1) is 0 Å². The Labute approximate surface area is 209 Å². The summed E-state index contributed by atoms with van der Waals surface area (Å²) in [4.78, 5) is 2.51. The SMILES string of the molecule is Oc1ccc2c(c1)CCC(Cc1ccccc1NCc1ccc(OCCN3CCCCC3)cc1)C2. The molecule has 0 saturated carbocycles. The molecular formula is C31H38N2O2. The Balaban J connectivity index is 1.12. The van der Waals surface area contributed by atoms with Crippen LogP contribution in [-0.4, -0.2) is 36.2 Å². The maximum Gasteiger partial charge on any atom is 0.119 e. The summed E-state index contributed by atoms with van der Waals surface area (Å²) in [6.07, 6.45) is 8.41. The van der Waals surface area contributed by atoms with Crippen LogP contribution in [0.4, 0.5) is 5.69 Å². The maximum atomic E-state index is 9.76. The second kappa shape index (κ2) is 11.6. The summed E-state index contributed by atoms with van der Waals surface area (Å²) >= 11 is 0. The number of ether oxygens (including phenoxy) is 1. The fourth-order valence-corrected chi connectivity index (χ4v) is 5.55. The molecule has 2 aliphatic rings. The predicted molar refractivity (Wildman–Crippen MR) is 143 cm³/mol. The van der Waals surface area contributed by atoms with Crippen molar-refractivity contribution < 1.29 is 9.84 Å². The van der Waals surface area contributed by atoms with Crippen molar-refractivity contribution in [1.82, 2.24) is 4.90 Å². The number of phenolic OH excluding ortho intramolecular Hbond substituents is 1. The number of likely N-dealkylation sites (tertiary alicyclic amines) is 1. The summed E-state index contributed by atoms with van der Waals surface area (Å²) in [5.41, 5.74) is 6.58. The molecule has 4 nitrogen and oxygen atoms in total. The van der Waals surface area contributed by atoms with Gasteiger partial charge in [0.1, 0.15) is 18.1 Å². The van der Waals surface area contributed by atoms with Crippen molar-refractivity contribution in [1.29, 1.82) is 0 Å². The Kier molecular flexibility index (Phi) is 7.89. The van der Waals surface area contributed by atoms with E-state index in [-0.39, 0.29) is 0 Å². The zero-order chi connectivity index (χ0) is 23.9. The number of hydrogen-bond donors (Lipinski definition) is 2. The number of rotatable bonds is 9. The lowest BCUT2D eigenvalue weighted by Gasteiger charge is -2.26. The van der Waals surface area contributed by atoms with Crippen LogP contribution in [0.25, 0.3) is 0 Å². The van der Waals surface area contributed by atoms with Crippen molar-refractivity contribution >= 4 is 5.69 Å². The van der Waals surface area contributed by atoms with Gasteiger partial charge in [-0.05, 0) is 110 Å². The molecule has 35 heavy (non-hydrogen) atoms. The van der Waals surface area contributed by atoms with Crippen LogP contribution in [0.1, 0.15) is 47.9 Å². The second-order valence-electron chi connectivity index (χ2n) is 10.2. The van der Waals surface area contributed by atoms with Gasteiger partial charge in [0.2, 0.25) is 0 Å². The number of aryl methyl sites for hydroxylation is 1. The van der Waals surface area contributed by atoms with Crippen LogP contribution >= 0.6 is 0 Å². The third-order valence-corrected chi connectivity index (χ3v) is 7.58. The topological polar surface area (TPSA) is 44.7 Å². The highest BCUT2D eigenvalue weighted by Gasteiger charge is 2.20. The Morgan fingerprint density at radius 2 is 1.74 bits per heavy atom. The van der Waals surface area contributed by atoms with Crippen LogP contribution in [0.15, 0.2) is 66.7 Å². The van der Waals surface area contributed by atoms with Crippen LogP contribution < -0.4 is 10.1 Å². The van der Waals surface area contributed by atoms with E-state index in [9.17, 15) is 5.11 Å². The van der Waals surface area contributed by atoms with Gasteiger partial charge in [0.15, 0.2) is 0 Å². The number of phenols is 1. The highest BCUT2D eigenvalue weighted by Crippen LogP contribution is 2.31. The van der Waals surface area contributed by atoms with E-state index < -0.39 is 0 Å². The van der Waals surface area contributed by atoms with E-state index in [1.54, 1.807) is 0 Å². The smallest absolute Gasteiger partial charge is 0.119 e. The van der Waals surface area contributed by atoms with E-state index in [2.05, 4.69) is 64.8 Å². The summed E-state index contributed by atoms with van der Waals surface area (Å²) in [6, 6.07) is 23.1. The molecule has 0 spiro atoms. The summed E-state index contributed by atoms with van der Waals surface area (Å²) in [5.74, 6) is 1.97. The number of fused-ring (bicyclic) bond motifs is 1. The minimum atomic E-state index is 0.383. The fraction of sp³-hybridized carbons (Fsp3) is 0.419. The predicted octanol–water partition coefficient (Wildman–Crippen LogP) is 6.22. The third-order valence-electron chi connectivity index (χ3n) is 7.58. The van der Waals surface area contributed by atoms with Crippen LogP contribution in [0, 0.1) is 5.92 Å². The lowest BCUT2D eigenvalue weighted by molar-refractivity contribution is 0.183. The Hall–Kier alpha value is -2.98. The molecule has 184 valence electrons. The largest absolute Gasteiger partial charge is 0.508 e. The minimum Gasteiger partial charge on any atom is -0.508 e. The summed E-state index contributed by atoms with van der Waals surface area (Å²) in [7, 11) is 0. The zero-order valence-electron chi connectivity index (χ0n) is 20.7. The lowest BCUT2D eigenvalue weighted by atomic mass is 9.80. The van der Waals surface area contributed by atoms with Gasteiger partial charge in [-0.2, -0.15) is 0 Å². The Morgan fingerprint density at radius 1 is 0.914 bits per heavy atom. The Morgan fingerprint density at radius 3 is 2.60 bits per heavy atom. The fourth-order valence-electron chi connectivity index (χ4n) is 5.55. The molecule has 1 saturated heterocycles. The molecule has 0 amide bonds. The van der Waals surface area contributed by atoms with E-state index in [0.29, 0.717) is 11.7 Å². The number of nitrogens with one attached hydrogen (secondary N) is 1. The molecule has 1 unspecified atom stereocenters. The monoisotopic (exact) mass is 470 g/mol. The van der Waals surface area contributed by atoms with Gasteiger partial charge in [-0.25, -0.2) is 0 Å². The Bertz CT molecular complexity index is 1090. The number of hydrogen-bond acceptors (Lipinski definition) is 4. The van der Waals surface area contributed by atoms with E-state index in [4.69, 9.17) is 4.74 Å².